The van der Waals surface area contributed by atoms with Crippen molar-refractivity contribution in [3.05, 3.63) is 65.2 Å². The minimum atomic E-state index is -0.275. The molecule has 1 saturated heterocycles. The van der Waals surface area contributed by atoms with Gasteiger partial charge in [0.1, 0.15) is 0 Å². The predicted molar refractivity (Wildman–Crippen MR) is 129 cm³/mol. The molecule has 0 radical (unpaired) electrons. The Morgan fingerprint density at radius 1 is 0.935 bits per heavy atom. The fourth-order valence-electron chi connectivity index (χ4n) is 3.38. The fourth-order valence-corrected chi connectivity index (χ4v) is 3.59. The first-order valence-corrected chi connectivity index (χ1v) is 10.8. The first-order valence-electron chi connectivity index (χ1n) is 10.4. The van der Waals surface area contributed by atoms with E-state index in [1.807, 2.05) is 23.1 Å². The van der Waals surface area contributed by atoms with Crippen LogP contribution in [0.2, 0.25) is 0 Å². The molecule has 3 rings (SSSR count). The molecule has 1 aliphatic heterocycles. The van der Waals surface area contributed by atoms with E-state index in [1.54, 1.807) is 30.3 Å². The van der Waals surface area contributed by atoms with E-state index in [0.29, 0.717) is 16.8 Å². The maximum absolute atomic E-state index is 12.8. The minimum Gasteiger partial charge on any atom is -0.336 e. The van der Waals surface area contributed by atoms with Crippen LogP contribution in [0.1, 0.15) is 47.1 Å². The summed E-state index contributed by atoms with van der Waals surface area (Å²) in [5, 5.41) is 5.89. The molecule has 0 bridgehead atoms. The molecule has 31 heavy (non-hydrogen) atoms. The Balaban J connectivity index is 1.60. The van der Waals surface area contributed by atoms with Crippen LogP contribution in [0.4, 0.5) is 5.69 Å². The van der Waals surface area contributed by atoms with Crippen molar-refractivity contribution in [2.45, 2.75) is 26.2 Å². The van der Waals surface area contributed by atoms with Gasteiger partial charge < -0.3 is 15.1 Å². The summed E-state index contributed by atoms with van der Waals surface area (Å²) >= 11 is 5.30. The van der Waals surface area contributed by atoms with Crippen molar-refractivity contribution in [3.8, 4) is 0 Å². The summed E-state index contributed by atoms with van der Waals surface area (Å²) in [4.78, 5) is 29.4. The minimum absolute atomic E-state index is 0.00522. The van der Waals surface area contributed by atoms with Gasteiger partial charge in [-0.1, -0.05) is 39.0 Å². The monoisotopic (exact) mass is 438 g/mol. The fraction of sp³-hybridized carbons (Fsp3) is 0.375. The number of benzene rings is 2. The average molecular weight is 439 g/mol. The van der Waals surface area contributed by atoms with Crippen LogP contribution in [-0.4, -0.2) is 60.0 Å². The first kappa shape index (κ1) is 22.9. The molecule has 2 amide bonds. The van der Waals surface area contributed by atoms with Gasteiger partial charge in [0.2, 0.25) is 0 Å². The summed E-state index contributed by atoms with van der Waals surface area (Å²) < 4.78 is 0. The number of piperazine rings is 1. The number of thiocarbonyl (C=S) groups is 1. The highest BCUT2D eigenvalue weighted by molar-refractivity contribution is 7.80. The van der Waals surface area contributed by atoms with Crippen molar-refractivity contribution < 1.29 is 9.59 Å². The van der Waals surface area contributed by atoms with Crippen LogP contribution >= 0.6 is 12.2 Å². The van der Waals surface area contributed by atoms with Crippen molar-refractivity contribution in [1.82, 2.24) is 15.1 Å². The lowest BCUT2D eigenvalue weighted by atomic mass is 9.87. The molecule has 0 saturated carbocycles. The smallest absolute Gasteiger partial charge is 0.257 e. The molecule has 0 spiro atoms. The van der Waals surface area contributed by atoms with Crippen LogP contribution in [0.5, 0.6) is 0 Å². The maximum atomic E-state index is 12.8. The quantitative estimate of drug-likeness (QED) is 0.718. The van der Waals surface area contributed by atoms with Crippen molar-refractivity contribution >= 4 is 34.8 Å². The number of amides is 2. The molecule has 0 unspecified atom stereocenters. The van der Waals surface area contributed by atoms with Crippen LogP contribution in [0.3, 0.4) is 0 Å². The number of carbonyl (C=O) groups is 2. The van der Waals surface area contributed by atoms with E-state index in [1.165, 1.54) is 0 Å². The van der Waals surface area contributed by atoms with Gasteiger partial charge in [0.25, 0.3) is 11.8 Å². The van der Waals surface area contributed by atoms with Crippen LogP contribution in [0.25, 0.3) is 0 Å². The van der Waals surface area contributed by atoms with Crippen LogP contribution in [0, 0.1) is 0 Å². The first-order chi connectivity index (χ1) is 14.6. The molecule has 7 heteroatoms. The highest BCUT2D eigenvalue weighted by Gasteiger charge is 2.20. The predicted octanol–water partition coefficient (Wildman–Crippen LogP) is 3.50. The molecule has 1 heterocycles. The zero-order valence-corrected chi connectivity index (χ0v) is 19.4. The van der Waals surface area contributed by atoms with Crippen molar-refractivity contribution in [2.75, 3.05) is 38.5 Å². The standard InChI is InChI=1S/C24H30N4O2S/c1-24(2,3)19-10-8-17(9-11-19)21(29)26-23(31)25-20-7-5-6-18(16-20)22(30)28-14-12-27(4)13-15-28/h5-11,16H,12-15H2,1-4H3,(H2,25,26,29,31). The Morgan fingerprint density at radius 3 is 2.19 bits per heavy atom. The number of carbonyl (C=O) groups excluding carboxylic acids is 2. The van der Waals surface area contributed by atoms with Gasteiger partial charge >= 0.3 is 0 Å². The third kappa shape index (κ3) is 6.12. The summed E-state index contributed by atoms with van der Waals surface area (Å²) in [6.07, 6.45) is 0. The summed E-state index contributed by atoms with van der Waals surface area (Å²) in [7, 11) is 2.06. The number of nitrogens with zero attached hydrogens (tertiary/aromatic N) is 2. The molecule has 6 nitrogen and oxygen atoms in total. The molecular formula is C24H30N4O2S. The van der Waals surface area contributed by atoms with Gasteiger partial charge in [-0.05, 0) is 60.6 Å². The zero-order valence-electron chi connectivity index (χ0n) is 18.6. The van der Waals surface area contributed by atoms with E-state index in [9.17, 15) is 9.59 Å². The van der Waals surface area contributed by atoms with Crippen LogP contribution in [0.15, 0.2) is 48.5 Å². The maximum Gasteiger partial charge on any atom is 0.257 e. The Labute approximate surface area is 189 Å². The summed E-state index contributed by atoms with van der Waals surface area (Å²) in [6, 6.07) is 14.7. The molecule has 2 aromatic rings. The SMILES string of the molecule is CN1CCN(C(=O)c2cccc(NC(=S)NC(=O)c3ccc(C(C)(C)C)cc3)c2)CC1. The highest BCUT2D eigenvalue weighted by atomic mass is 32.1. The summed E-state index contributed by atoms with van der Waals surface area (Å²) in [6.45, 7) is 9.56. The lowest BCUT2D eigenvalue weighted by molar-refractivity contribution is 0.0664. The second-order valence-electron chi connectivity index (χ2n) is 8.91. The lowest BCUT2D eigenvalue weighted by Gasteiger charge is -2.32. The number of nitrogens with one attached hydrogen (secondary N) is 2. The Bertz CT molecular complexity index is 958. The van der Waals surface area contributed by atoms with E-state index in [0.717, 1.165) is 31.7 Å². The van der Waals surface area contributed by atoms with Crippen LogP contribution in [-0.2, 0) is 5.41 Å². The third-order valence-electron chi connectivity index (χ3n) is 5.40. The molecule has 2 N–H and O–H groups in total. The van der Waals surface area contributed by atoms with Gasteiger partial charge in [-0.15, -0.1) is 0 Å². The van der Waals surface area contributed by atoms with Gasteiger partial charge in [0, 0.05) is 43.0 Å². The van der Waals surface area contributed by atoms with E-state index in [2.05, 4.69) is 43.4 Å². The summed E-state index contributed by atoms with van der Waals surface area (Å²) in [5.41, 5.74) is 2.98. The Kier molecular flexibility index (Phi) is 7.08. The second kappa shape index (κ2) is 9.58. The zero-order chi connectivity index (χ0) is 22.6. The number of anilines is 1. The lowest BCUT2D eigenvalue weighted by Crippen LogP contribution is -2.47. The van der Waals surface area contributed by atoms with Crippen molar-refractivity contribution in [2.24, 2.45) is 0 Å². The largest absolute Gasteiger partial charge is 0.336 e. The molecule has 2 aromatic carbocycles. The summed E-state index contributed by atoms with van der Waals surface area (Å²) in [5.74, 6) is -0.270. The van der Waals surface area contributed by atoms with Gasteiger partial charge in [0.05, 0.1) is 0 Å². The second-order valence-corrected chi connectivity index (χ2v) is 9.32. The highest BCUT2D eigenvalue weighted by Crippen LogP contribution is 2.22. The number of hydrogen-bond donors (Lipinski definition) is 2. The molecule has 0 aliphatic carbocycles. The topological polar surface area (TPSA) is 64.7 Å². The third-order valence-corrected chi connectivity index (χ3v) is 5.60. The Morgan fingerprint density at radius 2 is 1.58 bits per heavy atom. The molecular weight excluding hydrogens is 408 g/mol. The van der Waals surface area contributed by atoms with Gasteiger partial charge in [-0.3, -0.25) is 14.9 Å². The normalized spacial score (nSPS) is 14.8. The van der Waals surface area contributed by atoms with Crippen molar-refractivity contribution in [3.63, 3.8) is 0 Å². The number of hydrogen-bond acceptors (Lipinski definition) is 4. The molecule has 1 aliphatic rings. The molecule has 1 fully saturated rings. The molecule has 0 atom stereocenters. The van der Waals surface area contributed by atoms with E-state index >= 15 is 0 Å². The van der Waals surface area contributed by atoms with Crippen molar-refractivity contribution in [1.29, 1.82) is 0 Å². The molecule has 0 aromatic heterocycles. The Hall–Kier alpha value is -2.77. The van der Waals surface area contributed by atoms with E-state index in [-0.39, 0.29) is 22.3 Å². The van der Waals surface area contributed by atoms with E-state index < -0.39 is 0 Å². The molecule has 164 valence electrons. The van der Waals surface area contributed by atoms with Gasteiger partial charge in [0.15, 0.2) is 5.11 Å². The average Bonchev–Trinajstić information content (AvgIpc) is 2.73. The van der Waals surface area contributed by atoms with E-state index in [4.69, 9.17) is 12.2 Å². The number of rotatable bonds is 3. The van der Waals surface area contributed by atoms with Gasteiger partial charge in [-0.25, -0.2) is 0 Å². The van der Waals surface area contributed by atoms with Crippen LogP contribution < -0.4 is 10.6 Å². The van der Waals surface area contributed by atoms with Gasteiger partial charge in [-0.2, -0.15) is 0 Å². The number of likely N-dealkylation sites (N-methyl/N-ethyl adjacent to an activating group) is 1.